The van der Waals surface area contributed by atoms with Gasteiger partial charge in [0.2, 0.25) is 0 Å². The number of nitrogens with zero attached hydrogens (tertiary/aromatic N) is 2. The van der Waals surface area contributed by atoms with Gasteiger partial charge in [-0.05, 0) is 18.2 Å². The number of esters is 1. The molecule has 10 heteroatoms. The fraction of sp³-hybridized carbons (Fsp3) is 0.143. The molecule has 0 radical (unpaired) electrons. The number of carbonyl (C=O) groups is 1. The van der Waals surface area contributed by atoms with Gasteiger partial charge in [-0.2, -0.15) is 13.2 Å². The van der Waals surface area contributed by atoms with Crippen LogP contribution in [0.5, 0.6) is 11.5 Å². The van der Waals surface area contributed by atoms with E-state index >= 15 is 0 Å². The van der Waals surface area contributed by atoms with Gasteiger partial charge < -0.3 is 9.47 Å². The van der Waals surface area contributed by atoms with Crippen LogP contribution in [0.25, 0.3) is 0 Å². The van der Waals surface area contributed by atoms with E-state index in [2.05, 4.69) is 9.72 Å². The fourth-order valence-electron chi connectivity index (χ4n) is 1.82. The van der Waals surface area contributed by atoms with Crippen molar-refractivity contribution in [2.24, 2.45) is 0 Å². The van der Waals surface area contributed by atoms with Gasteiger partial charge in [-0.1, -0.05) is 0 Å². The minimum absolute atomic E-state index is 0.209. The molecule has 0 N–H and O–H groups in total. The Kier molecular flexibility index (Phi) is 4.67. The molecule has 0 bridgehead atoms. The standard InChI is InChI=1S/C14H9F3N2O5/c1-23-13(20)9-7-8(4-5-10(9)19(21)22)24-11-3-2-6-18-12(11)14(15,16)17/h2-7H,1H3. The van der Waals surface area contributed by atoms with Crippen molar-refractivity contribution in [1.82, 2.24) is 4.98 Å². The van der Waals surface area contributed by atoms with Crippen molar-refractivity contribution in [3.05, 3.63) is 57.9 Å². The number of pyridine rings is 1. The number of hydrogen-bond acceptors (Lipinski definition) is 6. The van der Waals surface area contributed by atoms with Gasteiger partial charge in [-0.15, -0.1) is 0 Å². The van der Waals surface area contributed by atoms with Crippen molar-refractivity contribution in [1.29, 1.82) is 0 Å². The molecule has 0 aliphatic carbocycles. The van der Waals surface area contributed by atoms with Crippen LogP contribution in [-0.2, 0) is 10.9 Å². The third kappa shape index (κ3) is 3.59. The molecule has 0 aliphatic heterocycles. The second kappa shape index (κ2) is 6.52. The Bertz CT molecular complexity index is 792. The van der Waals surface area contributed by atoms with E-state index in [9.17, 15) is 28.1 Å². The van der Waals surface area contributed by atoms with Crippen LogP contribution in [-0.4, -0.2) is 23.0 Å². The Morgan fingerprint density at radius 2 is 2.00 bits per heavy atom. The third-order valence-corrected chi connectivity index (χ3v) is 2.84. The lowest BCUT2D eigenvalue weighted by molar-refractivity contribution is -0.385. The minimum Gasteiger partial charge on any atom is -0.465 e. The van der Waals surface area contributed by atoms with E-state index in [0.29, 0.717) is 0 Å². The summed E-state index contributed by atoms with van der Waals surface area (Å²) in [6.07, 6.45) is -3.80. The lowest BCUT2D eigenvalue weighted by Crippen LogP contribution is -2.10. The Morgan fingerprint density at radius 1 is 1.29 bits per heavy atom. The summed E-state index contributed by atoms with van der Waals surface area (Å²) in [7, 11) is 1.02. The van der Waals surface area contributed by atoms with Crippen LogP contribution in [0, 0.1) is 10.1 Å². The van der Waals surface area contributed by atoms with Crippen LogP contribution in [0.4, 0.5) is 18.9 Å². The molecule has 0 spiro atoms. The van der Waals surface area contributed by atoms with E-state index in [1.165, 1.54) is 6.07 Å². The molecule has 2 aromatic rings. The SMILES string of the molecule is COC(=O)c1cc(Oc2cccnc2C(F)(F)F)ccc1[N+](=O)[O-]. The van der Waals surface area contributed by atoms with Crippen molar-refractivity contribution < 1.29 is 32.4 Å². The molecule has 0 saturated heterocycles. The summed E-state index contributed by atoms with van der Waals surface area (Å²) in [6, 6.07) is 5.20. The highest BCUT2D eigenvalue weighted by Crippen LogP contribution is 2.37. The van der Waals surface area contributed by atoms with Gasteiger partial charge in [0.05, 0.1) is 12.0 Å². The fourth-order valence-corrected chi connectivity index (χ4v) is 1.82. The predicted molar refractivity (Wildman–Crippen MR) is 73.7 cm³/mol. The first-order chi connectivity index (χ1) is 11.2. The summed E-state index contributed by atoms with van der Waals surface area (Å²) in [5.74, 6) is -1.83. The Morgan fingerprint density at radius 3 is 2.58 bits per heavy atom. The summed E-state index contributed by atoms with van der Waals surface area (Å²) in [6.45, 7) is 0. The number of carbonyl (C=O) groups excluding carboxylic acids is 1. The monoisotopic (exact) mass is 342 g/mol. The summed E-state index contributed by atoms with van der Waals surface area (Å²) in [4.78, 5) is 24.9. The highest BCUT2D eigenvalue weighted by atomic mass is 19.4. The van der Waals surface area contributed by atoms with Crippen LogP contribution in [0.3, 0.4) is 0 Å². The average molecular weight is 342 g/mol. The van der Waals surface area contributed by atoms with E-state index in [1.807, 2.05) is 0 Å². The molecule has 0 fully saturated rings. The first-order valence-corrected chi connectivity index (χ1v) is 6.31. The lowest BCUT2D eigenvalue weighted by Gasteiger charge is -2.12. The molecule has 1 aromatic heterocycles. The molecule has 2 rings (SSSR count). The summed E-state index contributed by atoms with van der Waals surface area (Å²) < 4.78 is 48.1. The predicted octanol–water partition coefficient (Wildman–Crippen LogP) is 3.59. The maximum Gasteiger partial charge on any atom is 0.437 e. The van der Waals surface area contributed by atoms with Crippen LogP contribution < -0.4 is 4.74 Å². The molecule has 126 valence electrons. The number of aromatic nitrogens is 1. The minimum atomic E-state index is -4.75. The van der Waals surface area contributed by atoms with Gasteiger partial charge in [-0.25, -0.2) is 9.78 Å². The van der Waals surface area contributed by atoms with E-state index < -0.39 is 39.8 Å². The van der Waals surface area contributed by atoms with Crippen LogP contribution in [0.1, 0.15) is 16.1 Å². The number of rotatable bonds is 4. The van der Waals surface area contributed by atoms with Gasteiger partial charge in [0.25, 0.3) is 5.69 Å². The van der Waals surface area contributed by atoms with Gasteiger partial charge in [0.15, 0.2) is 11.4 Å². The average Bonchev–Trinajstić information content (AvgIpc) is 2.53. The summed E-state index contributed by atoms with van der Waals surface area (Å²) in [5, 5.41) is 10.9. The smallest absolute Gasteiger partial charge is 0.437 e. The molecule has 1 heterocycles. The largest absolute Gasteiger partial charge is 0.465 e. The highest BCUT2D eigenvalue weighted by molar-refractivity contribution is 5.94. The number of halogens is 3. The zero-order valence-electron chi connectivity index (χ0n) is 12.0. The van der Waals surface area contributed by atoms with Crippen LogP contribution >= 0.6 is 0 Å². The summed E-state index contributed by atoms with van der Waals surface area (Å²) >= 11 is 0. The van der Waals surface area contributed by atoms with Crippen LogP contribution in [0.2, 0.25) is 0 Å². The van der Waals surface area contributed by atoms with Crippen LogP contribution in [0.15, 0.2) is 36.5 Å². The van der Waals surface area contributed by atoms with Gasteiger partial charge in [0.1, 0.15) is 11.3 Å². The number of ether oxygens (including phenoxy) is 2. The normalized spacial score (nSPS) is 11.0. The van der Waals surface area contributed by atoms with Crippen molar-refractivity contribution in [2.75, 3.05) is 7.11 Å². The number of hydrogen-bond donors (Lipinski definition) is 0. The zero-order valence-corrected chi connectivity index (χ0v) is 12.0. The molecular formula is C14H9F3N2O5. The number of nitro groups is 1. The van der Waals surface area contributed by atoms with Crippen molar-refractivity contribution in [2.45, 2.75) is 6.18 Å². The molecule has 0 amide bonds. The molecule has 7 nitrogen and oxygen atoms in total. The van der Waals surface area contributed by atoms with E-state index in [-0.39, 0.29) is 5.75 Å². The highest BCUT2D eigenvalue weighted by Gasteiger charge is 2.36. The summed E-state index contributed by atoms with van der Waals surface area (Å²) in [5.41, 5.74) is -2.27. The quantitative estimate of drug-likeness (QED) is 0.479. The lowest BCUT2D eigenvalue weighted by atomic mass is 10.1. The maximum atomic E-state index is 12.9. The van der Waals surface area contributed by atoms with Crippen molar-refractivity contribution in [3.63, 3.8) is 0 Å². The van der Waals surface area contributed by atoms with Crippen molar-refractivity contribution >= 4 is 11.7 Å². The Hall–Kier alpha value is -3.17. The molecule has 0 unspecified atom stereocenters. The molecule has 0 saturated carbocycles. The number of nitro benzene ring substituents is 1. The van der Waals surface area contributed by atoms with E-state index in [4.69, 9.17) is 4.74 Å². The van der Waals surface area contributed by atoms with E-state index in [0.717, 1.165) is 37.6 Å². The number of alkyl halides is 3. The molecule has 0 atom stereocenters. The maximum absolute atomic E-state index is 12.9. The molecule has 0 aliphatic rings. The van der Waals surface area contributed by atoms with E-state index in [1.54, 1.807) is 0 Å². The first-order valence-electron chi connectivity index (χ1n) is 6.31. The first kappa shape index (κ1) is 17.2. The van der Waals surface area contributed by atoms with Gasteiger partial charge in [0, 0.05) is 18.3 Å². The molecule has 24 heavy (non-hydrogen) atoms. The Labute approximate surface area is 132 Å². The Balaban J connectivity index is 2.45. The number of benzene rings is 1. The zero-order chi connectivity index (χ0) is 17.9. The second-order valence-corrected chi connectivity index (χ2v) is 4.38. The molecular weight excluding hydrogens is 333 g/mol. The topological polar surface area (TPSA) is 91.6 Å². The second-order valence-electron chi connectivity index (χ2n) is 4.38. The third-order valence-electron chi connectivity index (χ3n) is 2.84. The van der Waals surface area contributed by atoms with Gasteiger partial charge >= 0.3 is 12.1 Å². The number of methoxy groups -OCH3 is 1. The molecule has 1 aromatic carbocycles. The van der Waals surface area contributed by atoms with Gasteiger partial charge in [-0.3, -0.25) is 10.1 Å². The van der Waals surface area contributed by atoms with Crippen molar-refractivity contribution in [3.8, 4) is 11.5 Å².